The molecule has 174 valence electrons. The molecule has 0 spiro atoms. The van der Waals surface area contributed by atoms with Crippen molar-refractivity contribution in [3.05, 3.63) is 48.0 Å². The van der Waals surface area contributed by atoms with Gasteiger partial charge in [0.1, 0.15) is 0 Å². The van der Waals surface area contributed by atoms with Crippen LogP contribution in [-0.4, -0.2) is 61.7 Å². The smallest absolute Gasteiger partial charge is 0.265 e. The highest BCUT2D eigenvalue weighted by atomic mass is 32.2. The topological polar surface area (TPSA) is 101 Å². The largest absolute Gasteiger partial charge is 0.275 e. The van der Waals surface area contributed by atoms with Crippen LogP contribution in [0.1, 0.15) is 18.4 Å². The molecule has 1 aromatic carbocycles. The summed E-state index contributed by atoms with van der Waals surface area (Å²) >= 11 is 0. The van der Waals surface area contributed by atoms with Gasteiger partial charge in [-0.3, -0.25) is 9.63 Å². The van der Waals surface area contributed by atoms with Crippen LogP contribution in [0.5, 0.6) is 0 Å². The van der Waals surface area contributed by atoms with E-state index in [4.69, 9.17) is 4.84 Å². The van der Waals surface area contributed by atoms with Gasteiger partial charge in [0.2, 0.25) is 10.0 Å². The second-order valence-electron chi connectivity index (χ2n) is 7.95. The summed E-state index contributed by atoms with van der Waals surface area (Å²) in [5.41, 5.74) is -0.580. The molecule has 1 N–H and O–H groups in total. The summed E-state index contributed by atoms with van der Waals surface area (Å²) in [4.78, 5) is 25.9. The zero-order chi connectivity index (χ0) is 23.7. The Kier molecular flexibility index (Phi) is 6.59. The Hall–Kier alpha value is -2.57. The molecule has 1 saturated carbocycles. The predicted octanol–water partition coefficient (Wildman–Crippen LogP) is 2.18. The van der Waals surface area contributed by atoms with Crippen LogP contribution in [0.2, 0.25) is 0 Å². The zero-order valence-electron chi connectivity index (χ0n) is 17.7. The minimum Gasteiger partial charge on any atom is -0.275 e. The first-order valence-electron chi connectivity index (χ1n) is 9.59. The molecule has 32 heavy (non-hydrogen) atoms. The number of amides is 1. The Bertz CT molecular complexity index is 1100. The van der Waals surface area contributed by atoms with Gasteiger partial charge in [-0.2, -0.15) is 0 Å². The Balaban J connectivity index is 1.99. The highest BCUT2D eigenvalue weighted by Crippen LogP contribution is 2.50. The van der Waals surface area contributed by atoms with Gasteiger partial charge >= 0.3 is 0 Å². The molecule has 0 aliphatic heterocycles. The van der Waals surface area contributed by atoms with Crippen molar-refractivity contribution in [3.8, 4) is 11.4 Å². The normalized spacial score (nSPS) is 22.6. The summed E-state index contributed by atoms with van der Waals surface area (Å²) in [6.07, 6.45) is 1.41. The van der Waals surface area contributed by atoms with Crippen LogP contribution in [0.4, 0.5) is 13.2 Å². The number of sulfonamides is 1. The molecule has 0 bridgehead atoms. The van der Waals surface area contributed by atoms with E-state index in [0.29, 0.717) is 11.1 Å². The Labute approximate surface area is 183 Å². The lowest BCUT2D eigenvalue weighted by atomic mass is 9.78. The number of hydrogen-bond donors (Lipinski definition) is 1. The van der Waals surface area contributed by atoms with Crippen LogP contribution >= 0.6 is 0 Å². The first kappa shape index (κ1) is 24.1. The number of carbonyl (C=O) groups excluding carboxylic acids is 1. The standard InChI is InChI=1S/C20H23F3N4O4S/c1-27(31-2)18(28)19(9-16(20(22,23)12-19)26-32(3,29)30)8-13-5-4-6-14(7-13)17-24-10-15(21)11-25-17/h4-7,10-11,16,26H,8-9,12H2,1-3H3/t16-,19-/m1/s1. The van der Waals surface area contributed by atoms with Gasteiger partial charge in [-0.15, -0.1) is 0 Å². The Morgan fingerprint density at radius 1 is 1.31 bits per heavy atom. The average molecular weight is 472 g/mol. The number of benzene rings is 1. The molecule has 1 aromatic heterocycles. The van der Waals surface area contributed by atoms with Crippen LogP contribution in [-0.2, 0) is 26.1 Å². The molecule has 1 aliphatic rings. The van der Waals surface area contributed by atoms with Gasteiger partial charge in [0, 0.05) is 19.0 Å². The van der Waals surface area contributed by atoms with E-state index in [1.54, 1.807) is 24.3 Å². The summed E-state index contributed by atoms with van der Waals surface area (Å²) in [5, 5.41) is 0.867. The predicted molar refractivity (Wildman–Crippen MR) is 109 cm³/mol. The second-order valence-corrected chi connectivity index (χ2v) is 9.73. The molecule has 1 fully saturated rings. The lowest BCUT2D eigenvalue weighted by molar-refractivity contribution is -0.181. The lowest BCUT2D eigenvalue weighted by Gasteiger charge is -2.31. The fraction of sp³-hybridized carbons (Fsp3) is 0.450. The number of halogens is 3. The molecule has 0 unspecified atom stereocenters. The van der Waals surface area contributed by atoms with Gasteiger partial charge in [0.05, 0.1) is 37.2 Å². The van der Waals surface area contributed by atoms with Crippen molar-refractivity contribution in [2.24, 2.45) is 5.41 Å². The molecule has 2 atom stereocenters. The Morgan fingerprint density at radius 2 is 1.97 bits per heavy atom. The van der Waals surface area contributed by atoms with Crippen molar-refractivity contribution in [2.45, 2.75) is 31.2 Å². The first-order valence-corrected chi connectivity index (χ1v) is 11.5. The molecule has 8 nitrogen and oxygen atoms in total. The number of carbonyl (C=O) groups is 1. The van der Waals surface area contributed by atoms with E-state index in [2.05, 4.69) is 9.97 Å². The first-order chi connectivity index (χ1) is 14.8. The van der Waals surface area contributed by atoms with E-state index in [-0.39, 0.29) is 12.2 Å². The highest BCUT2D eigenvalue weighted by molar-refractivity contribution is 7.88. The maximum Gasteiger partial charge on any atom is 0.265 e. The van der Waals surface area contributed by atoms with Crippen LogP contribution < -0.4 is 4.72 Å². The third-order valence-electron chi connectivity index (χ3n) is 5.40. The van der Waals surface area contributed by atoms with E-state index in [0.717, 1.165) is 23.7 Å². The van der Waals surface area contributed by atoms with Crippen LogP contribution in [0.15, 0.2) is 36.7 Å². The lowest BCUT2D eigenvalue weighted by Crippen LogP contribution is -2.44. The van der Waals surface area contributed by atoms with Crippen molar-refractivity contribution in [1.82, 2.24) is 19.8 Å². The molecule has 1 aliphatic carbocycles. The molecule has 0 radical (unpaired) electrons. The summed E-state index contributed by atoms with van der Waals surface area (Å²) < 4.78 is 68.0. The van der Waals surface area contributed by atoms with Crippen molar-refractivity contribution in [2.75, 3.05) is 20.4 Å². The monoisotopic (exact) mass is 472 g/mol. The van der Waals surface area contributed by atoms with E-state index < -0.39 is 52.0 Å². The van der Waals surface area contributed by atoms with E-state index in [1.807, 2.05) is 4.72 Å². The third-order valence-corrected chi connectivity index (χ3v) is 6.11. The third kappa shape index (κ3) is 5.25. The number of nitrogens with one attached hydrogen (secondary N) is 1. The van der Waals surface area contributed by atoms with E-state index >= 15 is 0 Å². The SMILES string of the molecule is CON(C)C(=O)[C@]1(Cc2cccc(-c3ncc(F)cn3)c2)C[C@@H](NS(C)(=O)=O)C(F)(F)C1. The van der Waals surface area contributed by atoms with Crippen molar-refractivity contribution in [1.29, 1.82) is 0 Å². The number of hydroxylamine groups is 2. The van der Waals surface area contributed by atoms with E-state index in [9.17, 15) is 26.4 Å². The van der Waals surface area contributed by atoms with Gasteiger partial charge in [-0.1, -0.05) is 18.2 Å². The number of alkyl halides is 2. The van der Waals surface area contributed by atoms with Crippen LogP contribution in [0.25, 0.3) is 11.4 Å². The van der Waals surface area contributed by atoms with Gasteiger partial charge in [-0.05, 0) is 24.5 Å². The zero-order valence-corrected chi connectivity index (χ0v) is 18.5. The number of hydrogen-bond acceptors (Lipinski definition) is 6. The Morgan fingerprint density at radius 3 is 2.56 bits per heavy atom. The van der Waals surface area contributed by atoms with Gasteiger partial charge in [0.15, 0.2) is 11.6 Å². The molecule has 2 aromatic rings. The minimum atomic E-state index is -3.93. The quantitative estimate of drug-likeness (QED) is 0.620. The molecule has 12 heteroatoms. The van der Waals surface area contributed by atoms with E-state index in [1.165, 1.54) is 14.2 Å². The average Bonchev–Trinajstić information content (AvgIpc) is 2.96. The maximum atomic E-state index is 14.9. The second kappa shape index (κ2) is 8.75. The molecule has 0 saturated heterocycles. The van der Waals surface area contributed by atoms with Crippen LogP contribution in [0.3, 0.4) is 0 Å². The molecule has 1 amide bonds. The molecular formula is C20H23F3N4O4S. The van der Waals surface area contributed by atoms with Crippen molar-refractivity contribution >= 4 is 15.9 Å². The minimum absolute atomic E-state index is 0.105. The number of aromatic nitrogens is 2. The van der Waals surface area contributed by atoms with Crippen LogP contribution in [0, 0.1) is 11.2 Å². The molecular weight excluding hydrogens is 449 g/mol. The summed E-state index contributed by atoms with van der Waals surface area (Å²) in [7, 11) is -1.39. The summed E-state index contributed by atoms with van der Waals surface area (Å²) in [6, 6.07) is 4.86. The fourth-order valence-corrected chi connectivity index (χ4v) is 4.81. The van der Waals surface area contributed by atoms with Gasteiger partial charge in [-0.25, -0.2) is 41.3 Å². The fourth-order valence-electron chi connectivity index (χ4n) is 4.04. The molecule has 3 rings (SSSR count). The van der Waals surface area contributed by atoms with Gasteiger partial charge < -0.3 is 0 Å². The van der Waals surface area contributed by atoms with Crippen molar-refractivity contribution in [3.63, 3.8) is 0 Å². The molecule has 1 heterocycles. The summed E-state index contributed by atoms with van der Waals surface area (Å²) in [6.45, 7) is 0. The van der Waals surface area contributed by atoms with Crippen molar-refractivity contribution < 1.29 is 31.2 Å². The maximum absolute atomic E-state index is 14.9. The van der Waals surface area contributed by atoms with Gasteiger partial charge in [0.25, 0.3) is 11.8 Å². The summed E-state index contributed by atoms with van der Waals surface area (Å²) in [5.74, 6) is -4.52. The number of rotatable bonds is 7. The highest BCUT2D eigenvalue weighted by Gasteiger charge is 2.61. The number of nitrogens with zero attached hydrogens (tertiary/aromatic N) is 3.